The first-order valence-electron chi connectivity index (χ1n) is 9.05. The summed E-state index contributed by atoms with van der Waals surface area (Å²) >= 11 is 0. The second-order valence-electron chi connectivity index (χ2n) is 6.94. The Balaban J connectivity index is 1.33. The summed E-state index contributed by atoms with van der Waals surface area (Å²) in [6, 6.07) is 10.0. The van der Waals surface area contributed by atoms with Crippen molar-refractivity contribution in [2.75, 3.05) is 13.1 Å². The van der Waals surface area contributed by atoms with E-state index in [-0.39, 0.29) is 5.92 Å². The lowest BCUT2D eigenvalue weighted by Gasteiger charge is -2.33. The van der Waals surface area contributed by atoms with Gasteiger partial charge in [-0.1, -0.05) is 23.4 Å². The molecule has 0 saturated carbocycles. The minimum atomic E-state index is -0.490. The van der Waals surface area contributed by atoms with Crippen molar-refractivity contribution >= 4 is 0 Å². The Kier molecular flexibility index (Phi) is 4.81. The molecule has 1 fully saturated rings. The number of aliphatic hydroxyl groups excluding tert-OH is 1. The Bertz CT molecular complexity index is 835. The molecule has 4 rings (SSSR count). The number of likely N-dealkylation sites (tertiary alicyclic amines) is 1. The van der Waals surface area contributed by atoms with Gasteiger partial charge >= 0.3 is 0 Å². The topological polar surface area (TPSA) is 72.0 Å². The monoisotopic (exact) mass is 352 g/mol. The van der Waals surface area contributed by atoms with E-state index in [0.717, 1.165) is 49.7 Å². The van der Waals surface area contributed by atoms with E-state index in [4.69, 9.17) is 0 Å². The molecule has 0 bridgehead atoms. The smallest absolute Gasteiger partial charge is 0.137 e. The largest absolute Gasteiger partial charge is 0.385 e. The summed E-state index contributed by atoms with van der Waals surface area (Å²) in [5.74, 6) is 1.02. The minimum Gasteiger partial charge on any atom is -0.385 e. The fraction of sp³-hybridized carbons (Fsp3) is 0.421. The van der Waals surface area contributed by atoms with Crippen molar-refractivity contribution in [2.45, 2.75) is 25.5 Å². The maximum absolute atomic E-state index is 10.6. The molecule has 0 amide bonds. The van der Waals surface area contributed by atoms with Gasteiger partial charge < -0.3 is 9.67 Å². The number of rotatable bonds is 5. The summed E-state index contributed by atoms with van der Waals surface area (Å²) in [4.78, 5) is 6.66. The highest BCUT2D eigenvalue weighted by Gasteiger charge is 2.28. The highest BCUT2D eigenvalue weighted by molar-refractivity contribution is 5.29. The molecule has 0 aliphatic carbocycles. The van der Waals surface area contributed by atoms with Gasteiger partial charge in [0.25, 0.3) is 0 Å². The summed E-state index contributed by atoms with van der Waals surface area (Å²) in [5, 5.41) is 19.1. The number of imidazole rings is 1. The Morgan fingerprint density at radius 1 is 1.19 bits per heavy atom. The number of para-hydroxylation sites is 1. The van der Waals surface area contributed by atoms with Gasteiger partial charge in [-0.2, -0.15) is 0 Å². The first-order valence-corrected chi connectivity index (χ1v) is 9.05. The van der Waals surface area contributed by atoms with E-state index in [9.17, 15) is 5.11 Å². The van der Waals surface area contributed by atoms with Crippen LogP contribution in [0.5, 0.6) is 0 Å². The van der Waals surface area contributed by atoms with Crippen molar-refractivity contribution in [3.8, 4) is 5.69 Å². The van der Waals surface area contributed by atoms with Gasteiger partial charge in [0.1, 0.15) is 11.9 Å². The van der Waals surface area contributed by atoms with Gasteiger partial charge in [-0.25, -0.2) is 9.67 Å². The molecule has 0 radical (unpaired) electrons. The molecule has 1 saturated heterocycles. The molecule has 1 unspecified atom stereocenters. The van der Waals surface area contributed by atoms with Crippen LogP contribution in [0.4, 0.5) is 0 Å². The quantitative estimate of drug-likeness (QED) is 0.760. The Morgan fingerprint density at radius 2 is 1.96 bits per heavy atom. The summed E-state index contributed by atoms with van der Waals surface area (Å²) in [7, 11) is 1.93. The average molecular weight is 352 g/mol. The van der Waals surface area contributed by atoms with Crippen LogP contribution in [0.25, 0.3) is 5.69 Å². The average Bonchev–Trinajstić information content (AvgIpc) is 3.32. The second kappa shape index (κ2) is 7.39. The summed E-state index contributed by atoms with van der Waals surface area (Å²) in [6.07, 6.45) is 7.04. The van der Waals surface area contributed by atoms with Crippen LogP contribution in [-0.4, -0.2) is 47.6 Å². The van der Waals surface area contributed by atoms with Crippen molar-refractivity contribution in [1.82, 2.24) is 29.4 Å². The number of hydrogen-bond acceptors (Lipinski definition) is 5. The molecule has 1 aliphatic heterocycles. The maximum Gasteiger partial charge on any atom is 0.137 e. The van der Waals surface area contributed by atoms with Crippen molar-refractivity contribution in [3.63, 3.8) is 0 Å². The molecular weight excluding hydrogens is 328 g/mol. The van der Waals surface area contributed by atoms with Crippen LogP contribution in [0.3, 0.4) is 0 Å². The third-order valence-corrected chi connectivity index (χ3v) is 5.15. The van der Waals surface area contributed by atoms with Gasteiger partial charge in [0, 0.05) is 26.0 Å². The number of aliphatic hydroxyl groups is 1. The lowest BCUT2D eigenvalue weighted by molar-refractivity contribution is 0.0489. The van der Waals surface area contributed by atoms with E-state index in [1.807, 2.05) is 59.0 Å². The zero-order chi connectivity index (χ0) is 17.9. The first-order chi connectivity index (χ1) is 12.7. The molecule has 136 valence electrons. The Labute approximate surface area is 152 Å². The second-order valence-corrected chi connectivity index (χ2v) is 6.94. The predicted molar refractivity (Wildman–Crippen MR) is 97.5 cm³/mol. The molecule has 3 aromatic rings. The molecule has 1 aromatic carbocycles. The zero-order valence-electron chi connectivity index (χ0n) is 14.9. The molecule has 2 aromatic heterocycles. The number of aryl methyl sites for hydroxylation is 1. The van der Waals surface area contributed by atoms with Crippen LogP contribution in [0, 0.1) is 5.92 Å². The summed E-state index contributed by atoms with van der Waals surface area (Å²) in [5.41, 5.74) is 1.99. The molecule has 1 N–H and O–H groups in total. The standard InChI is InChI=1S/C19H24N6O/c1-23-12-9-20-19(23)18(26)15-7-10-24(11-8-15)13-16-14-25(22-21-16)17-5-3-2-4-6-17/h2-6,9,12,14-15,18,26H,7-8,10-11,13H2,1H3. The number of benzene rings is 1. The molecular formula is C19H24N6O. The normalized spacial score (nSPS) is 17.5. The Hall–Kier alpha value is -2.51. The molecule has 26 heavy (non-hydrogen) atoms. The van der Waals surface area contributed by atoms with Crippen LogP contribution in [-0.2, 0) is 13.6 Å². The van der Waals surface area contributed by atoms with Crippen LogP contribution in [0.2, 0.25) is 0 Å². The van der Waals surface area contributed by atoms with Gasteiger partial charge in [0.05, 0.1) is 17.6 Å². The molecule has 0 spiro atoms. The summed E-state index contributed by atoms with van der Waals surface area (Å²) < 4.78 is 3.71. The van der Waals surface area contributed by atoms with Gasteiger partial charge in [0.15, 0.2) is 0 Å². The van der Waals surface area contributed by atoms with E-state index in [1.54, 1.807) is 6.20 Å². The molecule has 3 heterocycles. The highest BCUT2D eigenvalue weighted by atomic mass is 16.3. The third-order valence-electron chi connectivity index (χ3n) is 5.15. The van der Waals surface area contributed by atoms with Crippen molar-refractivity contribution < 1.29 is 5.11 Å². The van der Waals surface area contributed by atoms with Crippen LogP contribution in [0.15, 0.2) is 48.9 Å². The predicted octanol–water partition coefficient (Wildman–Crippen LogP) is 1.95. The van der Waals surface area contributed by atoms with Crippen LogP contribution in [0.1, 0.15) is 30.5 Å². The van der Waals surface area contributed by atoms with Crippen molar-refractivity contribution in [3.05, 3.63) is 60.4 Å². The van der Waals surface area contributed by atoms with Gasteiger partial charge in [-0.15, -0.1) is 5.10 Å². The zero-order valence-corrected chi connectivity index (χ0v) is 14.9. The SMILES string of the molecule is Cn1ccnc1C(O)C1CCN(Cc2cn(-c3ccccc3)nn2)CC1. The van der Waals surface area contributed by atoms with Crippen molar-refractivity contribution in [2.24, 2.45) is 13.0 Å². The van der Waals surface area contributed by atoms with Crippen LogP contribution < -0.4 is 0 Å². The van der Waals surface area contributed by atoms with Gasteiger partial charge in [0.2, 0.25) is 0 Å². The van der Waals surface area contributed by atoms with E-state index in [2.05, 4.69) is 20.2 Å². The fourth-order valence-corrected chi connectivity index (χ4v) is 3.61. The first kappa shape index (κ1) is 16.9. The van der Waals surface area contributed by atoms with Gasteiger partial charge in [-0.05, 0) is 44.0 Å². The van der Waals surface area contributed by atoms with Crippen LogP contribution >= 0.6 is 0 Å². The molecule has 7 nitrogen and oxygen atoms in total. The number of hydrogen-bond donors (Lipinski definition) is 1. The third kappa shape index (κ3) is 3.54. The van der Waals surface area contributed by atoms with Gasteiger partial charge in [-0.3, -0.25) is 4.90 Å². The highest BCUT2D eigenvalue weighted by Crippen LogP contribution is 2.30. The Morgan fingerprint density at radius 3 is 2.65 bits per heavy atom. The van der Waals surface area contributed by atoms with E-state index < -0.39 is 6.10 Å². The molecule has 1 atom stereocenters. The fourth-order valence-electron chi connectivity index (χ4n) is 3.61. The number of piperidine rings is 1. The number of nitrogens with zero attached hydrogens (tertiary/aromatic N) is 6. The minimum absolute atomic E-state index is 0.257. The van der Waals surface area contributed by atoms with E-state index >= 15 is 0 Å². The lowest BCUT2D eigenvalue weighted by Crippen LogP contribution is -2.35. The summed E-state index contributed by atoms with van der Waals surface area (Å²) in [6.45, 7) is 2.69. The van der Waals surface area contributed by atoms with E-state index in [1.165, 1.54) is 0 Å². The van der Waals surface area contributed by atoms with Crippen molar-refractivity contribution in [1.29, 1.82) is 0 Å². The molecule has 1 aliphatic rings. The maximum atomic E-state index is 10.6. The number of aromatic nitrogens is 5. The van der Waals surface area contributed by atoms with E-state index in [0.29, 0.717) is 0 Å². The lowest BCUT2D eigenvalue weighted by atomic mass is 9.90. The molecule has 7 heteroatoms.